The summed E-state index contributed by atoms with van der Waals surface area (Å²) in [6, 6.07) is 16.9. The molecule has 3 nitrogen and oxygen atoms in total. The van der Waals surface area contributed by atoms with E-state index in [4.69, 9.17) is 4.74 Å². The van der Waals surface area contributed by atoms with Crippen molar-refractivity contribution in [3.8, 4) is 16.9 Å². The maximum atomic E-state index is 6.32. The molecule has 2 aliphatic rings. The molecule has 4 rings (SSSR count). The van der Waals surface area contributed by atoms with Crippen LogP contribution in [0, 0.1) is 0 Å². The van der Waals surface area contributed by atoms with Crippen LogP contribution < -0.4 is 10.1 Å². The van der Waals surface area contributed by atoms with Gasteiger partial charge in [-0.25, -0.2) is 0 Å². The average molecular weight is 322 g/mol. The Hall–Kier alpha value is -2.26. The van der Waals surface area contributed by atoms with E-state index >= 15 is 0 Å². The van der Waals surface area contributed by atoms with Gasteiger partial charge in [0, 0.05) is 31.7 Å². The predicted molar refractivity (Wildman–Crippen MR) is 100 cm³/mol. The number of fused-ring (bicyclic) bond motifs is 1. The number of allylic oxidation sites excluding steroid dienone is 1. The van der Waals surface area contributed by atoms with Crippen molar-refractivity contribution in [3.63, 3.8) is 0 Å². The quantitative estimate of drug-likeness (QED) is 0.902. The first kappa shape index (κ1) is 16.6. The molecule has 0 spiro atoms. The van der Waals surface area contributed by atoms with Crippen molar-refractivity contribution in [2.45, 2.75) is 20.3 Å². The molecular formula is C21H26N2O. The number of hydrogen-bond acceptors (Lipinski definition) is 3. The third-order valence-electron chi connectivity index (χ3n) is 4.31. The van der Waals surface area contributed by atoms with Crippen LogP contribution in [0.15, 0.2) is 60.5 Å². The molecule has 2 aliphatic heterocycles. The van der Waals surface area contributed by atoms with Gasteiger partial charge in [0.25, 0.3) is 0 Å². The van der Waals surface area contributed by atoms with Gasteiger partial charge in [0.2, 0.25) is 0 Å². The van der Waals surface area contributed by atoms with Crippen molar-refractivity contribution >= 4 is 0 Å². The number of para-hydroxylation sites is 1. The first-order chi connectivity index (χ1) is 11.9. The molecule has 1 saturated heterocycles. The molecule has 0 saturated carbocycles. The fourth-order valence-corrected chi connectivity index (χ4v) is 3.13. The van der Waals surface area contributed by atoms with Gasteiger partial charge >= 0.3 is 0 Å². The summed E-state index contributed by atoms with van der Waals surface area (Å²) in [7, 11) is 0. The highest BCUT2D eigenvalue weighted by Crippen LogP contribution is 2.37. The zero-order chi connectivity index (χ0) is 16.8. The topological polar surface area (TPSA) is 24.5 Å². The van der Waals surface area contributed by atoms with Gasteiger partial charge in [-0.1, -0.05) is 62.4 Å². The van der Waals surface area contributed by atoms with E-state index in [1.165, 1.54) is 16.7 Å². The fourth-order valence-electron chi connectivity index (χ4n) is 3.13. The number of ether oxygens (including phenoxy) is 1. The summed E-state index contributed by atoms with van der Waals surface area (Å²) in [6.45, 7) is 8.06. The number of piperazine rings is 1. The molecule has 0 aromatic heterocycles. The SMILES string of the molecule is C1=C(N2CCNCC2)Oc2c(cccc2-c2ccccc2)C1.CC. The molecule has 2 aromatic rings. The first-order valence-electron chi connectivity index (χ1n) is 8.93. The van der Waals surface area contributed by atoms with E-state index in [9.17, 15) is 0 Å². The lowest BCUT2D eigenvalue weighted by Crippen LogP contribution is -2.44. The van der Waals surface area contributed by atoms with Crippen molar-refractivity contribution in [1.29, 1.82) is 0 Å². The molecule has 0 radical (unpaired) electrons. The smallest absolute Gasteiger partial charge is 0.192 e. The van der Waals surface area contributed by atoms with Crippen LogP contribution in [0.1, 0.15) is 19.4 Å². The van der Waals surface area contributed by atoms with Crippen molar-refractivity contribution in [3.05, 3.63) is 66.1 Å². The number of hydrogen-bond donors (Lipinski definition) is 1. The van der Waals surface area contributed by atoms with E-state index in [0.717, 1.165) is 44.2 Å². The maximum absolute atomic E-state index is 6.32. The number of benzene rings is 2. The van der Waals surface area contributed by atoms with Crippen LogP contribution in [0.25, 0.3) is 11.1 Å². The maximum Gasteiger partial charge on any atom is 0.192 e. The van der Waals surface area contributed by atoms with E-state index in [0.29, 0.717) is 0 Å². The van der Waals surface area contributed by atoms with Gasteiger partial charge in [-0.15, -0.1) is 0 Å². The Balaban J connectivity index is 0.000000815. The summed E-state index contributed by atoms with van der Waals surface area (Å²) < 4.78 is 6.32. The van der Waals surface area contributed by atoms with Gasteiger partial charge in [0.1, 0.15) is 5.75 Å². The van der Waals surface area contributed by atoms with Gasteiger partial charge in [0.15, 0.2) is 5.88 Å². The number of nitrogens with zero attached hydrogens (tertiary/aromatic N) is 1. The summed E-state index contributed by atoms with van der Waals surface area (Å²) in [6.07, 6.45) is 3.15. The largest absolute Gasteiger partial charge is 0.441 e. The van der Waals surface area contributed by atoms with Crippen LogP contribution in [0.3, 0.4) is 0 Å². The highest BCUT2D eigenvalue weighted by Gasteiger charge is 2.22. The normalized spacial score (nSPS) is 16.2. The van der Waals surface area contributed by atoms with E-state index in [2.05, 4.69) is 58.8 Å². The Morgan fingerprint density at radius 2 is 1.67 bits per heavy atom. The fraction of sp³-hybridized carbons (Fsp3) is 0.333. The summed E-state index contributed by atoms with van der Waals surface area (Å²) in [5.74, 6) is 2.03. The minimum Gasteiger partial charge on any atom is -0.441 e. The lowest BCUT2D eigenvalue weighted by Gasteiger charge is -2.33. The molecule has 0 amide bonds. The highest BCUT2D eigenvalue weighted by atomic mass is 16.5. The highest BCUT2D eigenvalue weighted by molar-refractivity contribution is 5.73. The number of nitrogens with one attached hydrogen (secondary N) is 1. The third-order valence-corrected chi connectivity index (χ3v) is 4.31. The molecule has 126 valence electrons. The molecule has 3 heteroatoms. The second-order valence-electron chi connectivity index (χ2n) is 5.75. The van der Waals surface area contributed by atoms with Crippen LogP contribution in [-0.4, -0.2) is 31.1 Å². The third kappa shape index (κ3) is 3.46. The lowest BCUT2D eigenvalue weighted by molar-refractivity contribution is 0.190. The molecule has 2 aromatic carbocycles. The minimum absolute atomic E-state index is 0.940. The van der Waals surface area contributed by atoms with Crippen molar-refractivity contribution in [2.24, 2.45) is 0 Å². The predicted octanol–water partition coefficient (Wildman–Crippen LogP) is 4.06. The summed E-state index contributed by atoms with van der Waals surface area (Å²) in [5.41, 5.74) is 3.65. The van der Waals surface area contributed by atoms with E-state index in [-0.39, 0.29) is 0 Å². The van der Waals surface area contributed by atoms with Crippen LogP contribution in [0.4, 0.5) is 0 Å². The number of rotatable bonds is 2. The summed E-state index contributed by atoms with van der Waals surface area (Å²) >= 11 is 0. The van der Waals surface area contributed by atoms with Crippen LogP contribution in [-0.2, 0) is 6.42 Å². The summed E-state index contributed by atoms with van der Waals surface area (Å²) in [4.78, 5) is 2.33. The molecule has 0 bridgehead atoms. The zero-order valence-corrected chi connectivity index (χ0v) is 14.6. The Kier molecular flexibility index (Phi) is 5.55. The van der Waals surface area contributed by atoms with Crippen LogP contribution in [0.5, 0.6) is 5.75 Å². The molecule has 0 unspecified atom stereocenters. The van der Waals surface area contributed by atoms with Crippen molar-refractivity contribution in [2.75, 3.05) is 26.2 Å². The molecular weight excluding hydrogens is 296 g/mol. The minimum atomic E-state index is 0.940. The molecule has 24 heavy (non-hydrogen) atoms. The summed E-state index contributed by atoms with van der Waals surface area (Å²) in [5, 5.41) is 3.39. The Morgan fingerprint density at radius 3 is 2.42 bits per heavy atom. The molecule has 2 heterocycles. The van der Waals surface area contributed by atoms with Gasteiger partial charge < -0.3 is 15.0 Å². The molecule has 0 aliphatic carbocycles. The second kappa shape index (κ2) is 8.02. The zero-order valence-electron chi connectivity index (χ0n) is 14.6. The monoisotopic (exact) mass is 322 g/mol. The second-order valence-corrected chi connectivity index (χ2v) is 5.75. The van der Waals surface area contributed by atoms with Crippen LogP contribution >= 0.6 is 0 Å². The Morgan fingerprint density at radius 1 is 0.917 bits per heavy atom. The van der Waals surface area contributed by atoms with Crippen LogP contribution in [0.2, 0.25) is 0 Å². The molecule has 1 fully saturated rings. The average Bonchev–Trinajstić information content (AvgIpc) is 2.70. The van der Waals surface area contributed by atoms with Gasteiger partial charge in [0.05, 0.1) is 0 Å². The molecule has 0 atom stereocenters. The Bertz CT molecular complexity index is 688. The van der Waals surface area contributed by atoms with Crippen molar-refractivity contribution in [1.82, 2.24) is 10.2 Å². The van der Waals surface area contributed by atoms with Gasteiger partial charge in [-0.3, -0.25) is 0 Å². The van der Waals surface area contributed by atoms with Gasteiger partial charge in [-0.05, 0) is 23.6 Å². The Labute approximate surface area is 145 Å². The van der Waals surface area contributed by atoms with E-state index in [1.807, 2.05) is 19.9 Å². The first-order valence-corrected chi connectivity index (χ1v) is 8.93. The van der Waals surface area contributed by atoms with E-state index in [1.54, 1.807) is 0 Å². The standard InChI is InChI=1S/C19H20N2O.C2H6/c1-2-5-15(6-3-1)17-8-4-7-16-9-10-18(22-19(16)17)21-13-11-20-12-14-21;1-2/h1-8,10,20H,9,11-14H2;1-2H3. The van der Waals surface area contributed by atoms with Gasteiger partial charge in [-0.2, -0.15) is 0 Å². The lowest BCUT2D eigenvalue weighted by atomic mass is 9.99. The van der Waals surface area contributed by atoms with E-state index < -0.39 is 0 Å². The van der Waals surface area contributed by atoms with Crippen molar-refractivity contribution < 1.29 is 4.74 Å². The molecule has 1 N–H and O–H groups in total.